The van der Waals surface area contributed by atoms with Crippen LogP contribution in [-0.2, 0) is 0 Å². The van der Waals surface area contributed by atoms with Crippen LogP contribution >= 0.6 is 0 Å². The molecular formula is C14H21N3O2. The Kier molecular flexibility index (Phi) is 4.04. The number of Topliss-reactive ketones (excluding diaryl/α,β-unsaturated/α-hetero) is 1. The fraction of sp³-hybridized carbons (Fsp3) is 0.571. The van der Waals surface area contributed by atoms with E-state index in [1.807, 2.05) is 7.05 Å². The lowest BCUT2D eigenvalue weighted by Gasteiger charge is -2.34. The van der Waals surface area contributed by atoms with E-state index < -0.39 is 0 Å². The Morgan fingerprint density at radius 2 is 1.84 bits per heavy atom. The molecule has 0 spiro atoms. The summed E-state index contributed by atoms with van der Waals surface area (Å²) in [4.78, 5) is 30.5. The molecule has 0 radical (unpaired) electrons. The molecule has 1 amide bonds. The van der Waals surface area contributed by atoms with Crippen LogP contribution in [0.4, 0.5) is 0 Å². The number of amides is 1. The van der Waals surface area contributed by atoms with Crippen molar-refractivity contribution < 1.29 is 9.59 Å². The molecule has 1 aromatic heterocycles. The molecule has 19 heavy (non-hydrogen) atoms. The van der Waals surface area contributed by atoms with E-state index in [1.165, 1.54) is 6.92 Å². The Hall–Kier alpha value is -1.62. The van der Waals surface area contributed by atoms with Gasteiger partial charge in [-0.3, -0.25) is 9.59 Å². The number of carbonyl (C=O) groups excluding carboxylic acids is 2. The molecular weight excluding hydrogens is 242 g/mol. The molecule has 5 nitrogen and oxygen atoms in total. The van der Waals surface area contributed by atoms with Gasteiger partial charge in [-0.05, 0) is 45.1 Å². The first-order valence-corrected chi connectivity index (χ1v) is 6.64. The molecule has 0 aliphatic carbocycles. The first kappa shape index (κ1) is 13.8. The summed E-state index contributed by atoms with van der Waals surface area (Å²) in [5, 5.41) is 0. The summed E-state index contributed by atoms with van der Waals surface area (Å²) in [6.07, 6.45) is 2.00. The predicted octanol–water partition coefficient (Wildman–Crippen LogP) is 1.38. The summed E-state index contributed by atoms with van der Waals surface area (Å²) < 4.78 is 0. The molecule has 0 aromatic carbocycles. The minimum Gasteiger partial charge on any atom is -0.348 e. The smallest absolute Gasteiger partial charge is 0.270 e. The van der Waals surface area contributed by atoms with Crippen molar-refractivity contribution in [2.75, 3.05) is 27.2 Å². The maximum atomic E-state index is 12.3. The monoisotopic (exact) mass is 263 g/mol. The van der Waals surface area contributed by atoms with E-state index in [1.54, 1.807) is 17.0 Å². The summed E-state index contributed by atoms with van der Waals surface area (Å²) in [5.74, 6) is -0.0944. The van der Waals surface area contributed by atoms with Crippen LogP contribution in [0.25, 0.3) is 0 Å². The highest BCUT2D eigenvalue weighted by Crippen LogP contribution is 2.16. The number of hydrogen-bond donors (Lipinski definition) is 1. The Balaban J connectivity index is 2.03. The molecule has 2 heterocycles. The fourth-order valence-corrected chi connectivity index (χ4v) is 2.46. The molecule has 1 fully saturated rings. The van der Waals surface area contributed by atoms with Crippen molar-refractivity contribution >= 4 is 11.7 Å². The SMILES string of the molecule is CC(=O)c1ccc(C(=O)N(C)C2CCN(C)CC2)[nH]1. The maximum Gasteiger partial charge on any atom is 0.270 e. The third-order valence-corrected chi connectivity index (χ3v) is 3.85. The average Bonchev–Trinajstić information content (AvgIpc) is 2.87. The zero-order chi connectivity index (χ0) is 14.0. The van der Waals surface area contributed by atoms with E-state index in [9.17, 15) is 9.59 Å². The van der Waals surface area contributed by atoms with Crippen molar-refractivity contribution in [2.45, 2.75) is 25.8 Å². The molecule has 104 valence electrons. The van der Waals surface area contributed by atoms with Crippen LogP contribution in [0.1, 0.15) is 40.7 Å². The van der Waals surface area contributed by atoms with E-state index in [4.69, 9.17) is 0 Å². The van der Waals surface area contributed by atoms with Gasteiger partial charge in [-0.25, -0.2) is 0 Å². The quantitative estimate of drug-likeness (QED) is 0.838. The first-order valence-electron chi connectivity index (χ1n) is 6.64. The molecule has 2 rings (SSSR count). The second-order valence-electron chi connectivity index (χ2n) is 5.29. The molecule has 1 saturated heterocycles. The number of carbonyl (C=O) groups is 2. The molecule has 0 saturated carbocycles. The van der Waals surface area contributed by atoms with Gasteiger partial charge in [0, 0.05) is 20.0 Å². The van der Waals surface area contributed by atoms with Crippen LogP contribution in [0.2, 0.25) is 0 Å². The van der Waals surface area contributed by atoms with Crippen LogP contribution in [0.5, 0.6) is 0 Å². The van der Waals surface area contributed by atoms with Crippen LogP contribution in [0.3, 0.4) is 0 Å². The van der Waals surface area contributed by atoms with Gasteiger partial charge in [-0.15, -0.1) is 0 Å². The standard InChI is InChI=1S/C14H21N3O2/c1-10(18)12-4-5-13(15-12)14(19)17(3)11-6-8-16(2)9-7-11/h4-5,11,15H,6-9H2,1-3H3. The Morgan fingerprint density at radius 1 is 1.26 bits per heavy atom. The van der Waals surface area contributed by atoms with E-state index >= 15 is 0 Å². The number of likely N-dealkylation sites (tertiary alicyclic amines) is 1. The largest absolute Gasteiger partial charge is 0.348 e. The molecule has 1 aliphatic rings. The number of ketones is 1. The number of nitrogens with zero attached hydrogens (tertiary/aromatic N) is 2. The second-order valence-corrected chi connectivity index (χ2v) is 5.29. The number of hydrogen-bond acceptors (Lipinski definition) is 3. The van der Waals surface area contributed by atoms with Gasteiger partial charge in [0.05, 0.1) is 5.69 Å². The van der Waals surface area contributed by atoms with E-state index in [2.05, 4.69) is 16.9 Å². The molecule has 1 aromatic rings. The van der Waals surface area contributed by atoms with Gasteiger partial charge in [-0.1, -0.05) is 0 Å². The first-order chi connectivity index (χ1) is 8.99. The average molecular weight is 263 g/mol. The number of rotatable bonds is 3. The summed E-state index contributed by atoms with van der Waals surface area (Å²) in [7, 11) is 3.94. The van der Waals surface area contributed by atoms with Gasteiger partial charge in [0.25, 0.3) is 5.91 Å². The van der Waals surface area contributed by atoms with Crippen molar-refractivity contribution in [1.29, 1.82) is 0 Å². The lowest BCUT2D eigenvalue weighted by atomic mass is 10.0. The third kappa shape index (κ3) is 3.04. The van der Waals surface area contributed by atoms with E-state index in [-0.39, 0.29) is 17.7 Å². The summed E-state index contributed by atoms with van der Waals surface area (Å²) >= 11 is 0. The normalized spacial score (nSPS) is 17.4. The van der Waals surface area contributed by atoms with Crippen molar-refractivity contribution in [3.8, 4) is 0 Å². The second kappa shape index (κ2) is 5.57. The zero-order valence-corrected chi connectivity index (χ0v) is 11.8. The third-order valence-electron chi connectivity index (χ3n) is 3.85. The van der Waals surface area contributed by atoms with Crippen molar-refractivity contribution in [1.82, 2.24) is 14.8 Å². The van der Waals surface area contributed by atoms with Crippen LogP contribution in [-0.4, -0.2) is 59.7 Å². The fourth-order valence-electron chi connectivity index (χ4n) is 2.46. The molecule has 5 heteroatoms. The Bertz CT molecular complexity index is 473. The van der Waals surface area contributed by atoms with Crippen molar-refractivity contribution in [2.24, 2.45) is 0 Å². The highest BCUT2D eigenvalue weighted by atomic mass is 16.2. The summed E-state index contributed by atoms with van der Waals surface area (Å²) in [6, 6.07) is 3.63. The highest BCUT2D eigenvalue weighted by Gasteiger charge is 2.25. The van der Waals surface area contributed by atoms with Gasteiger partial charge >= 0.3 is 0 Å². The van der Waals surface area contributed by atoms with Gasteiger partial charge in [0.15, 0.2) is 5.78 Å². The van der Waals surface area contributed by atoms with Gasteiger partial charge in [-0.2, -0.15) is 0 Å². The maximum absolute atomic E-state index is 12.3. The van der Waals surface area contributed by atoms with Crippen molar-refractivity contribution in [3.05, 3.63) is 23.5 Å². The molecule has 1 aliphatic heterocycles. The number of H-pyrrole nitrogens is 1. The number of aromatic nitrogens is 1. The van der Waals surface area contributed by atoms with E-state index in [0.29, 0.717) is 11.4 Å². The highest BCUT2D eigenvalue weighted by molar-refractivity contribution is 5.97. The predicted molar refractivity (Wildman–Crippen MR) is 73.4 cm³/mol. The van der Waals surface area contributed by atoms with Gasteiger partial charge in [0.1, 0.15) is 5.69 Å². The Labute approximate surface area is 113 Å². The van der Waals surface area contributed by atoms with E-state index in [0.717, 1.165) is 25.9 Å². The van der Waals surface area contributed by atoms with Crippen LogP contribution < -0.4 is 0 Å². The lowest BCUT2D eigenvalue weighted by Crippen LogP contribution is -2.44. The topological polar surface area (TPSA) is 56.4 Å². The molecule has 0 bridgehead atoms. The number of piperidine rings is 1. The molecule has 1 N–H and O–H groups in total. The summed E-state index contributed by atoms with van der Waals surface area (Å²) in [6.45, 7) is 3.53. The molecule has 0 unspecified atom stereocenters. The van der Waals surface area contributed by atoms with Crippen LogP contribution in [0.15, 0.2) is 12.1 Å². The number of aromatic amines is 1. The molecule has 0 atom stereocenters. The van der Waals surface area contributed by atoms with Crippen molar-refractivity contribution in [3.63, 3.8) is 0 Å². The zero-order valence-electron chi connectivity index (χ0n) is 11.8. The minimum absolute atomic E-state index is 0.0398. The van der Waals surface area contributed by atoms with Gasteiger partial charge in [0.2, 0.25) is 0 Å². The van der Waals surface area contributed by atoms with Crippen LogP contribution in [0, 0.1) is 0 Å². The summed E-state index contributed by atoms with van der Waals surface area (Å²) in [5.41, 5.74) is 0.978. The van der Waals surface area contributed by atoms with Gasteiger partial charge < -0.3 is 14.8 Å². The minimum atomic E-state index is -0.0546. The lowest BCUT2D eigenvalue weighted by molar-refractivity contribution is 0.0654. The number of nitrogens with one attached hydrogen (secondary N) is 1. The Morgan fingerprint density at radius 3 is 2.37 bits per heavy atom.